The van der Waals surface area contributed by atoms with E-state index in [9.17, 15) is 4.79 Å². The van der Waals surface area contributed by atoms with Gasteiger partial charge in [0.15, 0.2) is 0 Å². The smallest absolute Gasteiger partial charge is 0.305 e. The summed E-state index contributed by atoms with van der Waals surface area (Å²) in [5, 5.41) is 1.27. The summed E-state index contributed by atoms with van der Waals surface area (Å²) in [6.45, 7) is 7.46. The number of nitrogens with zero attached hydrogens (tertiary/aromatic N) is 1. The van der Waals surface area contributed by atoms with E-state index in [0.717, 1.165) is 19.4 Å². The lowest BCUT2D eigenvalue weighted by molar-refractivity contribution is -0.143. The average Bonchev–Trinajstić information content (AvgIpc) is 2.74. The third-order valence-electron chi connectivity index (χ3n) is 3.65. The molecule has 0 atom stereocenters. The van der Waals surface area contributed by atoms with Crippen LogP contribution in [0, 0.1) is 6.92 Å². The van der Waals surface area contributed by atoms with Gasteiger partial charge in [-0.25, -0.2) is 0 Å². The molecule has 0 aliphatic rings. The van der Waals surface area contributed by atoms with Crippen LogP contribution < -0.4 is 0 Å². The minimum Gasteiger partial charge on any atom is -0.466 e. The minimum absolute atomic E-state index is 0.101. The van der Waals surface area contributed by atoms with Crippen molar-refractivity contribution in [3.8, 4) is 0 Å². The molecular weight excluding hydrogens is 250 g/mol. The van der Waals surface area contributed by atoms with Crippen molar-refractivity contribution in [1.29, 1.82) is 0 Å². The zero-order valence-electron chi connectivity index (χ0n) is 12.6. The Morgan fingerprint density at radius 1 is 1.25 bits per heavy atom. The van der Waals surface area contributed by atoms with Crippen molar-refractivity contribution in [3.63, 3.8) is 0 Å². The summed E-state index contributed by atoms with van der Waals surface area (Å²) in [4.78, 5) is 11.4. The molecule has 20 heavy (non-hydrogen) atoms. The van der Waals surface area contributed by atoms with Gasteiger partial charge in [-0.05, 0) is 49.8 Å². The summed E-state index contributed by atoms with van der Waals surface area (Å²) in [7, 11) is 0. The maximum atomic E-state index is 11.4. The van der Waals surface area contributed by atoms with E-state index in [1.54, 1.807) is 0 Å². The number of ether oxygens (including phenoxy) is 1. The van der Waals surface area contributed by atoms with Crippen LogP contribution in [-0.4, -0.2) is 17.1 Å². The third kappa shape index (κ3) is 3.21. The number of benzene rings is 1. The Labute approximate surface area is 120 Å². The van der Waals surface area contributed by atoms with E-state index in [0.29, 0.717) is 13.0 Å². The lowest BCUT2D eigenvalue weighted by atomic mass is 10.1. The highest BCUT2D eigenvalue weighted by Crippen LogP contribution is 2.22. The zero-order chi connectivity index (χ0) is 14.5. The molecule has 2 rings (SSSR count). The molecule has 0 amide bonds. The number of hydrogen-bond donors (Lipinski definition) is 0. The van der Waals surface area contributed by atoms with Crippen molar-refractivity contribution in [2.45, 2.75) is 46.6 Å². The van der Waals surface area contributed by atoms with E-state index < -0.39 is 0 Å². The van der Waals surface area contributed by atoms with E-state index in [2.05, 4.69) is 42.7 Å². The quantitative estimate of drug-likeness (QED) is 0.748. The van der Waals surface area contributed by atoms with Gasteiger partial charge in [-0.2, -0.15) is 0 Å². The molecule has 3 heteroatoms. The third-order valence-corrected chi connectivity index (χ3v) is 3.65. The molecule has 0 unspecified atom stereocenters. The maximum Gasteiger partial charge on any atom is 0.305 e. The number of carbonyl (C=O) groups is 1. The molecule has 0 spiro atoms. The first-order valence-corrected chi connectivity index (χ1v) is 7.40. The van der Waals surface area contributed by atoms with Crippen LogP contribution in [0.1, 0.15) is 37.9 Å². The second-order valence-corrected chi connectivity index (χ2v) is 5.09. The summed E-state index contributed by atoms with van der Waals surface area (Å²) in [6, 6.07) is 8.83. The Bertz CT molecular complexity index is 598. The van der Waals surface area contributed by atoms with Gasteiger partial charge in [0, 0.05) is 24.2 Å². The summed E-state index contributed by atoms with van der Waals surface area (Å²) in [5.74, 6) is -0.101. The molecule has 0 aliphatic carbocycles. The molecule has 2 aromatic rings. The van der Waals surface area contributed by atoms with E-state index in [4.69, 9.17) is 4.74 Å². The standard InChI is InChI=1S/C17H23NO2/c1-4-14-8-9-15-11-13(3)18(16(15)12-14)10-6-7-17(19)20-5-2/h8-9,11-12H,4-7,10H2,1-3H3. The van der Waals surface area contributed by atoms with Crippen LogP contribution in [0.25, 0.3) is 10.9 Å². The summed E-state index contributed by atoms with van der Waals surface area (Å²) >= 11 is 0. The van der Waals surface area contributed by atoms with Crippen molar-refractivity contribution < 1.29 is 9.53 Å². The Hall–Kier alpha value is -1.77. The predicted molar refractivity (Wildman–Crippen MR) is 81.9 cm³/mol. The van der Waals surface area contributed by atoms with E-state index in [1.807, 2.05) is 6.92 Å². The molecule has 0 saturated heterocycles. The molecular formula is C17H23NO2. The molecule has 0 N–H and O–H groups in total. The van der Waals surface area contributed by atoms with Crippen LogP contribution in [0.4, 0.5) is 0 Å². The van der Waals surface area contributed by atoms with E-state index in [-0.39, 0.29) is 5.97 Å². The van der Waals surface area contributed by atoms with Gasteiger partial charge in [0.25, 0.3) is 0 Å². The van der Waals surface area contributed by atoms with Crippen LogP contribution in [0.3, 0.4) is 0 Å². The SMILES string of the molecule is CCOC(=O)CCCn1c(C)cc2ccc(CC)cc21. The average molecular weight is 273 g/mol. The number of hydrogen-bond acceptors (Lipinski definition) is 2. The van der Waals surface area contributed by atoms with Crippen LogP contribution in [0.15, 0.2) is 24.3 Å². The molecule has 108 valence electrons. The molecule has 1 heterocycles. The first-order valence-electron chi connectivity index (χ1n) is 7.40. The van der Waals surface area contributed by atoms with Gasteiger partial charge in [-0.1, -0.05) is 19.1 Å². The van der Waals surface area contributed by atoms with Crippen molar-refractivity contribution in [2.75, 3.05) is 6.61 Å². The highest BCUT2D eigenvalue weighted by molar-refractivity contribution is 5.82. The summed E-state index contributed by atoms with van der Waals surface area (Å²) < 4.78 is 7.27. The lowest BCUT2D eigenvalue weighted by Crippen LogP contribution is -2.07. The van der Waals surface area contributed by atoms with Gasteiger partial charge in [-0.15, -0.1) is 0 Å². The van der Waals surface area contributed by atoms with Crippen LogP contribution in [0.2, 0.25) is 0 Å². The number of aryl methyl sites for hydroxylation is 3. The van der Waals surface area contributed by atoms with Crippen LogP contribution in [-0.2, 0) is 22.5 Å². The number of esters is 1. The lowest BCUT2D eigenvalue weighted by Gasteiger charge is -2.09. The number of fused-ring (bicyclic) bond motifs is 1. The molecule has 0 aliphatic heterocycles. The highest BCUT2D eigenvalue weighted by Gasteiger charge is 2.07. The minimum atomic E-state index is -0.101. The van der Waals surface area contributed by atoms with Gasteiger partial charge in [-0.3, -0.25) is 4.79 Å². The zero-order valence-corrected chi connectivity index (χ0v) is 12.6. The Balaban J connectivity index is 2.12. The van der Waals surface area contributed by atoms with Gasteiger partial charge in [0.1, 0.15) is 0 Å². The van der Waals surface area contributed by atoms with Gasteiger partial charge >= 0.3 is 5.97 Å². The highest BCUT2D eigenvalue weighted by atomic mass is 16.5. The maximum absolute atomic E-state index is 11.4. The van der Waals surface area contributed by atoms with Gasteiger partial charge in [0.05, 0.1) is 6.61 Å². The largest absolute Gasteiger partial charge is 0.466 e. The van der Waals surface area contributed by atoms with Crippen LogP contribution in [0.5, 0.6) is 0 Å². The molecule has 0 bridgehead atoms. The first kappa shape index (κ1) is 14.6. The normalized spacial score (nSPS) is 10.9. The van der Waals surface area contributed by atoms with Crippen LogP contribution >= 0.6 is 0 Å². The predicted octanol–water partition coefficient (Wildman–Crippen LogP) is 3.86. The number of carbonyl (C=O) groups excluding carboxylic acids is 1. The van der Waals surface area contributed by atoms with Gasteiger partial charge < -0.3 is 9.30 Å². The fourth-order valence-corrected chi connectivity index (χ4v) is 2.57. The Morgan fingerprint density at radius 2 is 2.05 bits per heavy atom. The Kier molecular flexibility index (Phi) is 4.83. The molecule has 3 nitrogen and oxygen atoms in total. The summed E-state index contributed by atoms with van der Waals surface area (Å²) in [6.07, 6.45) is 2.35. The summed E-state index contributed by atoms with van der Waals surface area (Å²) in [5.41, 5.74) is 3.87. The monoisotopic (exact) mass is 273 g/mol. The Morgan fingerprint density at radius 3 is 2.75 bits per heavy atom. The number of aromatic nitrogens is 1. The second kappa shape index (κ2) is 6.60. The topological polar surface area (TPSA) is 31.2 Å². The molecule has 0 radical (unpaired) electrons. The molecule has 0 fully saturated rings. The molecule has 1 aromatic heterocycles. The van der Waals surface area contributed by atoms with Crippen molar-refractivity contribution in [3.05, 3.63) is 35.5 Å². The van der Waals surface area contributed by atoms with Crippen molar-refractivity contribution >= 4 is 16.9 Å². The molecule has 1 aromatic carbocycles. The van der Waals surface area contributed by atoms with Gasteiger partial charge in [0.2, 0.25) is 0 Å². The second-order valence-electron chi connectivity index (χ2n) is 5.09. The van der Waals surface area contributed by atoms with E-state index in [1.165, 1.54) is 22.2 Å². The molecule has 0 saturated carbocycles. The fourth-order valence-electron chi connectivity index (χ4n) is 2.57. The fraction of sp³-hybridized carbons (Fsp3) is 0.471. The first-order chi connectivity index (χ1) is 9.65. The number of rotatable bonds is 6. The van der Waals surface area contributed by atoms with E-state index >= 15 is 0 Å². The van der Waals surface area contributed by atoms with Crippen molar-refractivity contribution in [1.82, 2.24) is 4.57 Å². The van der Waals surface area contributed by atoms with Crippen molar-refractivity contribution in [2.24, 2.45) is 0 Å².